The molecule has 1 N–H and O–H groups in total. The molecule has 2 aromatic heterocycles. The monoisotopic (exact) mass is 301 g/mol. The van der Waals surface area contributed by atoms with E-state index in [1.807, 2.05) is 13.2 Å². The van der Waals surface area contributed by atoms with Gasteiger partial charge in [-0.3, -0.25) is 4.68 Å². The highest BCUT2D eigenvalue weighted by molar-refractivity contribution is 14.1. The SMILES string of the molecule is Cn1cc(Nc2ncncc2I)cn1. The molecule has 2 rings (SSSR count). The van der Waals surface area contributed by atoms with Crippen LogP contribution in [0.4, 0.5) is 11.5 Å². The van der Waals surface area contributed by atoms with Crippen LogP contribution in [-0.2, 0) is 7.05 Å². The number of hydrogen-bond donors (Lipinski definition) is 1. The quantitative estimate of drug-likeness (QED) is 0.855. The molecule has 0 aliphatic heterocycles. The van der Waals surface area contributed by atoms with Crippen molar-refractivity contribution in [1.82, 2.24) is 19.7 Å². The van der Waals surface area contributed by atoms with Gasteiger partial charge in [-0.05, 0) is 22.6 Å². The molecular formula is C8H8IN5. The molecule has 2 heterocycles. The fourth-order valence-corrected chi connectivity index (χ4v) is 1.46. The number of anilines is 2. The van der Waals surface area contributed by atoms with E-state index in [0.717, 1.165) is 15.1 Å². The van der Waals surface area contributed by atoms with Gasteiger partial charge in [-0.2, -0.15) is 5.10 Å². The fourth-order valence-electron chi connectivity index (χ4n) is 1.03. The van der Waals surface area contributed by atoms with Crippen molar-refractivity contribution in [2.45, 2.75) is 0 Å². The average molecular weight is 301 g/mol. The van der Waals surface area contributed by atoms with Crippen LogP contribution < -0.4 is 5.32 Å². The van der Waals surface area contributed by atoms with Gasteiger partial charge in [0.25, 0.3) is 0 Å². The van der Waals surface area contributed by atoms with Crippen LogP contribution in [0.25, 0.3) is 0 Å². The zero-order valence-corrected chi connectivity index (χ0v) is 9.63. The molecule has 72 valence electrons. The minimum atomic E-state index is 0.800. The molecule has 0 radical (unpaired) electrons. The number of nitrogens with zero attached hydrogens (tertiary/aromatic N) is 4. The molecule has 14 heavy (non-hydrogen) atoms. The lowest BCUT2D eigenvalue weighted by molar-refractivity contribution is 0.768. The van der Waals surface area contributed by atoms with E-state index in [9.17, 15) is 0 Å². The van der Waals surface area contributed by atoms with Gasteiger partial charge in [0.15, 0.2) is 0 Å². The van der Waals surface area contributed by atoms with Crippen LogP contribution in [0.3, 0.4) is 0 Å². The lowest BCUT2D eigenvalue weighted by atomic mass is 10.5. The summed E-state index contributed by atoms with van der Waals surface area (Å²) < 4.78 is 2.71. The van der Waals surface area contributed by atoms with E-state index in [4.69, 9.17) is 0 Å². The van der Waals surface area contributed by atoms with Crippen molar-refractivity contribution in [1.29, 1.82) is 0 Å². The van der Waals surface area contributed by atoms with E-state index in [1.54, 1.807) is 17.1 Å². The third kappa shape index (κ3) is 2.00. The lowest BCUT2D eigenvalue weighted by Gasteiger charge is -2.02. The Balaban J connectivity index is 2.23. The molecule has 0 fully saturated rings. The van der Waals surface area contributed by atoms with Gasteiger partial charge in [0.1, 0.15) is 12.1 Å². The second kappa shape index (κ2) is 3.91. The predicted octanol–water partition coefficient (Wildman–Crippen LogP) is 1.56. The van der Waals surface area contributed by atoms with Gasteiger partial charge >= 0.3 is 0 Å². The first kappa shape index (κ1) is 9.38. The highest BCUT2D eigenvalue weighted by atomic mass is 127. The highest BCUT2D eigenvalue weighted by Gasteiger charge is 2.01. The summed E-state index contributed by atoms with van der Waals surface area (Å²) in [5.41, 5.74) is 0.920. The number of halogens is 1. The first-order chi connectivity index (χ1) is 6.75. The molecule has 0 aliphatic carbocycles. The Hall–Kier alpha value is -1.18. The molecule has 5 nitrogen and oxygen atoms in total. The number of aryl methyl sites for hydroxylation is 1. The Labute approximate surface area is 94.7 Å². The molecule has 0 spiro atoms. The molecule has 0 aromatic carbocycles. The highest BCUT2D eigenvalue weighted by Crippen LogP contribution is 2.17. The average Bonchev–Trinajstić information content (AvgIpc) is 2.56. The number of rotatable bonds is 2. The zero-order valence-electron chi connectivity index (χ0n) is 7.48. The molecule has 0 saturated heterocycles. The van der Waals surface area contributed by atoms with Crippen molar-refractivity contribution in [3.8, 4) is 0 Å². The Bertz CT molecular complexity index is 439. The van der Waals surface area contributed by atoms with Crippen molar-refractivity contribution in [3.63, 3.8) is 0 Å². The van der Waals surface area contributed by atoms with Crippen molar-refractivity contribution >= 4 is 34.1 Å². The number of nitrogens with one attached hydrogen (secondary N) is 1. The second-order valence-electron chi connectivity index (χ2n) is 2.75. The third-order valence-corrected chi connectivity index (χ3v) is 2.42. The van der Waals surface area contributed by atoms with Gasteiger partial charge in [0, 0.05) is 19.4 Å². The van der Waals surface area contributed by atoms with Crippen molar-refractivity contribution in [2.75, 3.05) is 5.32 Å². The lowest BCUT2D eigenvalue weighted by Crippen LogP contribution is -1.95. The molecule has 0 unspecified atom stereocenters. The van der Waals surface area contributed by atoms with Crippen molar-refractivity contribution in [3.05, 3.63) is 28.5 Å². The van der Waals surface area contributed by atoms with Crippen molar-refractivity contribution < 1.29 is 0 Å². The van der Waals surface area contributed by atoms with E-state index in [2.05, 4.69) is 43.0 Å². The Morgan fingerprint density at radius 3 is 2.93 bits per heavy atom. The van der Waals surface area contributed by atoms with Gasteiger partial charge in [-0.15, -0.1) is 0 Å². The van der Waals surface area contributed by atoms with Crippen LogP contribution in [0, 0.1) is 3.57 Å². The minimum absolute atomic E-state index is 0.800. The predicted molar refractivity (Wildman–Crippen MR) is 61.2 cm³/mol. The summed E-state index contributed by atoms with van der Waals surface area (Å²) in [6, 6.07) is 0. The van der Waals surface area contributed by atoms with Crippen LogP contribution in [0.5, 0.6) is 0 Å². The van der Waals surface area contributed by atoms with E-state index >= 15 is 0 Å². The topological polar surface area (TPSA) is 55.6 Å². The molecule has 0 aliphatic rings. The van der Waals surface area contributed by atoms with E-state index in [0.29, 0.717) is 0 Å². The Morgan fingerprint density at radius 1 is 1.43 bits per heavy atom. The van der Waals surface area contributed by atoms with Gasteiger partial charge < -0.3 is 5.32 Å². The maximum Gasteiger partial charge on any atom is 0.147 e. The Morgan fingerprint density at radius 2 is 2.29 bits per heavy atom. The number of hydrogen-bond acceptors (Lipinski definition) is 4. The smallest absolute Gasteiger partial charge is 0.147 e. The summed E-state index contributed by atoms with van der Waals surface area (Å²) in [4.78, 5) is 8.03. The second-order valence-corrected chi connectivity index (χ2v) is 3.91. The molecule has 2 aromatic rings. The van der Waals surface area contributed by atoms with Crippen LogP contribution in [0.15, 0.2) is 24.9 Å². The first-order valence-corrected chi connectivity index (χ1v) is 5.05. The van der Waals surface area contributed by atoms with Gasteiger partial charge in [-0.1, -0.05) is 0 Å². The van der Waals surface area contributed by atoms with E-state index in [1.165, 1.54) is 6.33 Å². The van der Waals surface area contributed by atoms with Gasteiger partial charge in [-0.25, -0.2) is 9.97 Å². The van der Waals surface area contributed by atoms with Gasteiger partial charge in [0.2, 0.25) is 0 Å². The largest absolute Gasteiger partial charge is 0.337 e. The Kier molecular flexibility index (Phi) is 2.62. The maximum absolute atomic E-state index is 4.12. The standard InChI is InChI=1S/C8H8IN5/c1-14-4-6(2-12-14)13-8-7(9)3-10-5-11-8/h2-5H,1H3,(H,10,11,13). The molecule has 0 amide bonds. The minimum Gasteiger partial charge on any atom is -0.337 e. The van der Waals surface area contributed by atoms with E-state index < -0.39 is 0 Å². The summed E-state index contributed by atoms with van der Waals surface area (Å²) in [6.07, 6.45) is 6.91. The summed E-state index contributed by atoms with van der Waals surface area (Å²) in [5, 5.41) is 7.20. The maximum atomic E-state index is 4.12. The molecule has 6 heteroatoms. The van der Waals surface area contributed by atoms with Gasteiger partial charge in [0.05, 0.1) is 15.5 Å². The third-order valence-electron chi connectivity index (χ3n) is 1.64. The molecule has 0 atom stereocenters. The normalized spacial score (nSPS) is 10.1. The van der Waals surface area contributed by atoms with Crippen molar-refractivity contribution in [2.24, 2.45) is 7.05 Å². The van der Waals surface area contributed by atoms with E-state index in [-0.39, 0.29) is 0 Å². The first-order valence-electron chi connectivity index (χ1n) is 3.97. The number of aromatic nitrogens is 4. The fraction of sp³-hybridized carbons (Fsp3) is 0.125. The van der Waals surface area contributed by atoms with Crippen LogP contribution in [-0.4, -0.2) is 19.7 Å². The summed E-state index contributed by atoms with van der Waals surface area (Å²) in [7, 11) is 1.87. The molecule has 0 saturated carbocycles. The van der Waals surface area contributed by atoms with Crippen LogP contribution in [0.2, 0.25) is 0 Å². The summed E-state index contributed by atoms with van der Waals surface area (Å²) in [5.74, 6) is 0.800. The summed E-state index contributed by atoms with van der Waals surface area (Å²) in [6.45, 7) is 0. The molecular weight excluding hydrogens is 293 g/mol. The van der Waals surface area contributed by atoms with Crippen LogP contribution >= 0.6 is 22.6 Å². The summed E-state index contributed by atoms with van der Waals surface area (Å²) >= 11 is 2.18. The zero-order chi connectivity index (χ0) is 9.97. The molecule has 0 bridgehead atoms. The van der Waals surface area contributed by atoms with Crippen LogP contribution in [0.1, 0.15) is 0 Å².